The van der Waals surface area contributed by atoms with E-state index >= 15 is 0 Å². The summed E-state index contributed by atoms with van der Waals surface area (Å²) in [7, 11) is 2.14. The molecule has 162 valence electrons. The second kappa shape index (κ2) is 10.3. The first-order chi connectivity index (χ1) is 15.2. The summed E-state index contributed by atoms with van der Waals surface area (Å²) in [6.07, 6.45) is 3.44. The van der Waals surface area contributed by atoms with Gasteiger partial charge in [-0.25, -0.2) is 14.8 Å². The second-order valence-electron chi connectivity index (χ2n) is 7.44. The third-order valence-electron chi connectivity index (χ3n) is 5.19. The van der Waals surface area contributed by atoms with Crippen molar-refractivity contribution in [2.45, 2.75) is 0 Å². The first-order valence-corrected chi connectivity index (χ1v) is 11.3. The molecule has 3 aromatic rings. The zero-order chi connectivity index (χ0) is 21.5. The first kappa shape index (κ1) is 21.2. The number of carbonyl (C=O) groups is 1. The van der Waals surface area contributed by atoms with E-state index in [-0.39, 0.29) is 6.03 Å². The Morgan fingerprint density at radius 1 is 1.10 bits per heavy atom. The van der Waals surface area contributed by atoms with E-state index in [4.69, 9.17) is 0 Å². The molecule has 0 unspecified atom stereocenters. The number of nitrogens with zero attached hydrogens (tertiary/aromatic N) is 5. The van der Waals surface area contributed by atoms with Crippen LogP contribution in [-0.4, -0.2) is 72.1 Å². The Morgan fingerprint density at radius 3 is 2.65 bits per heavy atom. The van der Waals surface area contributed by atoms with Crippen molar-refractivity contribution in [2.24, 2.45) is 0 Å². The molecule has 2 amide bonds. The van der Waals surface area contributed by atoms with Gasteiger partial charge in [-0.3, -0.25) is 9.80 Å². The molecule has 0 bridgehead atoms. The van der Waals surface area contributed by atoms with Crippen LogP contribution in [-0.2, 0) is 0 Å². The topological polar surface area (TPSA) is 76.6 Å². The Hall–Kier alpha value is -3.01. The molecule has 1 saturated heterocycles. The molecule has 4 rings (SSSR count). The lowest BCUT2D eigenvalue weighted by molar-refractivity contribution is 0.155. The molecule has 1 aliphatic heterocycles. The van der Waals surface area contributed by atoms with Gasteiger partial charge in [0.1, 0.15) is 0 Å². The lowest BCUT2D eigenvalue weighted by Crippen LogP contribution is -2.47. The van der Waals surface area contributed by atoms with Crippen molar-refractivity contribution in [3.63, 3.8) is 0 Å². The standard InChI is InChI=1S/C22H27N7OS/c1-27-11-13-28(14-12-27)10-9-25-22(30)26-18-4-2-5-19(16-18)29(20-6-15-31-17-20)21-23-7-3-8-24-21/h2-8,15-17H,9-14H2,1H3,(H2,25,26,30). The van der Waals surface area contributed by atoms with E-state index in [1.165, 1.54) is 0 Å². The van der Waals surface area contributed by atoms with Crippen LogP contribution in [0, 0.1) is 0 Å². The quantitative estimate of drug-likeness (QED) is 0.590. The highest BCUT2D eigenvalue weighted by molar-refractivity contribution is 7.08. The fourth-order valence-electron chi connectivity index (χ4n) is 3.47. The number of piperazine rings is 1. The van der Waals surface area contributed by atoms with Crippen LogP contribution in [0.2, 0.25) is 0 Å². The summed E-state index contributed by atoms with van der Waals surface area (Å²) in [5.74, 6) is 0.578. The van der Waals surface area contributed by atoms with Crippen molar-refractivity contribution in [3.8, 4) is 0 Å². The molecule has 0 spiro atoms. The molecule has 8 nitrogen and oxygen atoms in total. The van der Waals surface area contributed by atoms with Crippen molar-refractivity contribution in [2.75, 3.05) is 56.5 Å². The smallest absolute Gasteiger partial charge is 0.319 e. The van der Waals surface area contributed by atoms with E-state index in [0.29, 0.717) is 18.2 Å². The maximum Gasteiger partial charge on any atom is 0.319 e. The molecular formula is C22H27N7OS. The summed E-state index contributed by atoms with van der Waals surface area (Å²) in [5.41, 5.74) is 2.57. The number of hydrogen-bond donors (Lipinski definition) is 2. The molecule has 31 heavy (non-hydrogen) atoms. The monoisotopic (exact) mass is 437 g/mol. The highest BCUT2D eigenvalue weighted by Gasteiger charge is 2.16. The summed E-state index contributed by atoms with van der Waals surface area (Å²) in [6.45, 7) is 5.71. The van der Waals surface area contributed by atoms with Gasteiger partial charge in [-0.05, 0) is 42.8 Å². The third-order valence-corrected chi connectivity index (χ3v) is 5.86. The molecule has 2 N–H and O–H groups in total. The normalized spacial score (nSPS) is 14.9. The van der Waals surface area contributed by atoms with E-state index in [1.807, 2.05) is 46.0 Å². The highest BCUT2D eigenvalue weighted by Crippen LogP contribution is 2.34. The number of carbonyl (C=O) groups excluding carboxylic acids is 1. The van der Waals surface area contributed by atoms with Gasteiger partial charge < -0.3 is 15.5 Å². The van der Waals surface area contributed by atoms with E-state index in [0.717, 1.165) is 44.1 Å². The summed E-state index contributed by atoms with van der Waals surface area (Å²) >= 11 is 1.61. The number of benzene rings is 1. The second-order valence-corrected chi connectivity index (χ2v) is 8.22. The fraction of sp³-hybridized carbons (Fsp3) is 0.318. The van der Waals surface area contributed by atoms with Crippen molar-refractivity contribution < 1.29 is 4.79 Å². The molecular weight excluding hydrogens is 410 g/mol. The molecule has 0 aliphatic carbocycles. The molecule has 1 aliphatic rings. The largest absolute Gasteiger partial charge is 0.337 e. The molecule has 0 radical (unpaired) electrons. The first-order valence-electron chi connectivity index (χ1n) is 10.3. The summed E-state index contributed by atoms with van der Waals surface area (Å²) < 4.78 is 0. The molecule has 0 atom stereocenters. The third kappa shape index (κ3) is 5.78. The minimum Gasteiger partial charge on any atom is -0.337 e. The summed E-state index contributed by atoms with van der Waals surface area (Å²) in [6, 6.07) is 11.3. The van der Waals surface area contributed by atoms with Crippen molar-refractivity contribution in [3.05, 3.63) is 59.6 Å². The highest BCUT2D eigenvalue weighted by atomic mass is 32.1. The molecule has 1 fully saturated rings. The SMILES string of the molecule is CN1CCN(CCNC(=O)Nc2cccc(N(c3ccsc3)c3ncccn3)c2)CC1. The van der Waals surface area contributed by atoms with Crippen LogP contribution >= 0.6 is 11.3 Å². The zero-order valence-electron chi connectivity index (χ0n) is 17.6. The Kier molecular flexibility index (Phi) is 7.08. The number of aromatic nitrogens is 2. The summed E-state index contributed by atoms with van der Waals surface area (Å²) in [5, 5.41) is 9.95. The van der Waals surface area contributed by atoms with Crippen LogP contribution in [0.1, 0.15) is 0 Å². The van der Waals surface area contributed by atoms with E-state index in [1.54, 1.807) is 29.8 Å². The maximum absolute atomic E-state index is 12.4. The van der Waals surface area contributed by atoms with Crippen LogP contribution in [0.3, 0.4) is 0 Å². The molecule has 0 saturated carbocycles. The Labute approximate surface area is 186 Å². The number of anilines is 4. The number of amides is 2. The zero-order valence-corrected chi connectivity index (χ0v) is 18.4. The molecule has 3 heterocycles. The number of urea groups is 1. The minimum atomic E-state index is -0.204. The van der Waals surface area contributed by atoms with Crippen molar-refractivity contribution in [1.82, 2.24) is 25.1 Å². The summed E-state index contributed by atoms with van der Waals surface area (Å²) in [4.78, 5) is 27.9. The Balaban J connectivity index is 1.38. The van der Waals surface area contributed by atoms with Gasteiger partial charge in [0.25, 0.3) is 0 Å². The van der Waals surface area contributed by atoms with Crippen LogP contribution in [0.4, 0.5) is 27.8 Å². The van der Waals surface area contributed by atoms with Crippen LogP contribution in [0.5, 0.6) is 0 Å². The van der Waals surface area contributed by atoms with E-state index in [2.05, 4.69) is 37.4 Å². The molecule has 9 heteroatoms. The number of thiophene rings is 1. The van der Waals surface area contributed by atoms with E-state index in [9.17, 15) is 4.79 Å². The van der Waals surface area contributed by atoms with Gasteiger partial charge in [0.05, 0.1) is 11.4 Å². The van der Waals surface area contributed by atoms with Crippen LogP contribution in [0.25, 0.3) is 0 Å². The van der Waals surface area contributed by atoms with Gasteiger partial charge in [-0.1, -0.05) is 6.07 Å². The van der Waals surface area contributed by atoms with Crippen LogP contribution < -0.4 is 15.5 Å². The van der Waals surface area contributed by atoms with Gasteiger partial charge in [0.15, 0.2) is 0 Å². The van der Waals surface area contributed by atoms with Gasteiger partial charge in [0, 0.05) is 62.7 Å². The number of nitrogens with one attached hydrogen (secondary N) is 2. The Bertz CT molecular complexity index is 959. The molecule has 1 aromatic carbocycles. The molecule has 2 aromatic heterocycles. The van der Waals surface area contributed by atoms with Gasteiger partial charge in [0.2, 0.25) is 5.95 Å². The van der Waals surface area contributed by atoms with Crippen molar-refractivity contribution >= 4 is 40.4 Å². The Morgan fingerprint density at radius 2 is 1.90 bits per heavy atom. The predicted molar refractivity (Wildman–Crippen MR) is 126 cm³/mol. The predicted octanol–water partition coefficient (Wildman–Crippen LogP) is 3.38. The average Bonchev–Trinajstić information content (AvgIpc) is 3.31. The van der Waals surface area contributed by atoms with Crippen molar-refractivity contribution in [1.29, 1.82) is 0 Å². The number of rotatable bonds is 7. The maximum atomic E-state index is 12.4. The lowest BCUT2D eigenvalue weighted by atomic mass is 10.2. The van der Waals surface area contributed by atoms with Gasteiger partial charge in [-0.2, -0.15) is 11.3 Å². The van der Waals surface area contributed by atoms with Gasteiger partial charge in [-0.15, -0.1) is 0 Å². The number of hydrogen-bond acceptors (Lipinski definition) is 7. The minimum absolute atomic E-state index is 0.204. The lowest BCUT2D eigenvalue weighted by Gasteiger charge is -2.32. The number of likely N-dealkylation sites (N-methyl/N-ethyl adjacent to an activating group) is 1. The van der Waals surface area contributed by atoms with Gasteiger partial charge >= 0.3 is 6.03 Å². The average molecular weight is 438 g/mol. The fourth-order valence-corrected chi connectivity index (χ4v) is 4.09. The van der Waals surface area contributed by atoms with Crippen LogP contribution in [0.15, 0.2) is 59.6 Å². The van der Waals surface area contributed by atoms with E-state index < -0.39 is 0 Å².